The highest BCUT2D eigenvalue weighted by Gasteiger charge is 2.52. The third kappa shape index (κ3) is 1.84. The van der Waals surface area contributed by atoms with Gasteiger partial charge in [0.2, 0.25) is 5.95 Å². The van der Waals surface area contributed by atoms with E-state index in [9.17, 15) is 20.1 Å². The molecule has 1 aliphatic rings. The fraction of sp³-hybridized carbons (Fsp3) is 0.545. The number of nitrogen functional groups attached to an aromatic ring is 1. The monoisotopic (exact) mass is 297 g/mol. The van der Waals surface area contributed by atoms with Crippen molar-refractivity contribution in [3.63, 3.8) is 0 Å². The molecule has 114 valence electrons. The predicted molar refractivity (Wildman–Crippen MR) is 70.2 cm³/mol. The van der Waals surface area contributed by atoms with E-state index in [2.05, 4.69) is 15.0 Å². The van der Waals surface area contributed by atoms with Crippen LogP contribution in [0.25, 0.3) is 11.2 Å². The third-order valence-electron chi connectivity index (χ3n) is 3.73. The molecule has 0 saturated carbocycles. The molecule has 6 N–H and O–H groups in total. The van der Waals surface area contributed by atoms with Gasteiger partial charge in [0.1, 0.15) is 18.3 Å². The Morgan fingerprint density at radius 3 is 2.90 bits per heavy atom. The lowest BCUT2D eigenvalue weighted by atomic mass is 10.0. The van der Waals surface area contributed by atoms with Crippen molar-refractivity contribution in [2.75, 3.05) is 12.3 Å². The van der Waals surface area contributed by atoms with Gasteiger partial charge in [0.15, 0.2) is 16.9 Å². The van der Waals surface area contributed by atoms with Crippen LogP contribution < -0.4 is 11.3 Å². The Labute approximate surface area is 117 Å². The first-order valence-electron chi connectivity index (χ1n) is 6.26. The molecule has 0 spiro atoms. The van der Waals surface area contributed by atoms with Gasteiger partial charge in [-0.15, -0.1) is 0 Å². The normalized spacial score (nSPS) is 32.9. The van der Waals surface area contributed by atoms with Gasteiger partial charge in [-0.25, -0.2) is 4.98 Å². The van der Waals surface area contributed by atoms with Gasteiger partial charge in [-0.3, -0.25) is 14.3 Å². The van der Waals surface area contributed by atoms with E-state index in [1.54, 1.807) is 0 Å². The zero-order valence-corrected chi connectivity index (χ0v) is 11.1. The van der Waals surface area contributed by atoms with Gasteiger partial charge in [0.25, 0.3) is 5.56 Å². The number of imidazole rings is 1. The van der Waals surface area contributed by atoms with Gasteiger partial charge in [-0.1, -0.05) is 0 Å². The summed E-state index contributed by atoms with van der Waals surface area (Å²) in [5.74, 6) is -0.107. The molecule has 10 heteroatoms. The topological polar surface area (TPSA) is 160 Å². The number of anilines is 1. The van der Waals surface area contributed by atoms with Crippen molar-refractivity contribution in [2.45, 2.75) is 31.0 Å². The average molecular weight is 297 g/mol. The Bertz CT molecular complexity index is 742. The summed E-state index contributed by atoms with van der Waals surface area (Å²) in [6.45, 7) is 1.04. The summed E-state index contributed by atoms with van der Waals surface area (Å²) < 4.78 is 6.85. The Kier molecular flexibility index (Phi) is 2.99. The van der Waals surface area contributed by atoms with E-state index in [1.165, 1.54) is 17.8 Å². The van der Waals surface area contributed by atoms with E-state index in [4.69, 9.17) is 10.5 Å². The van der Waals surface area contributed by atoms with Crippen LogP contribution in [0.4, 0.5) is 5.95 Å². The van der Waals surface area contributed by atoms with Crippen LogP contribution in [-0.4, -0.2) is 59.8 Å². The van der Waals surface area contributed by atoms with Crippen molar-refractivity contribution in [1.29, 1.82) is 0 Å². The lowest BCUT2D eigenvalue weighted by molar-refractivity contribution is -0.132. The maximum Gasteiger partial charge on any atom is 0.280 e. The zero-order valence-electron chi connectivity index (χ0n) is 11.1. The molecule has 0 aromatic carbocycles. The van der Waals surface area contributed by atoms with Gasteiger partial charge in [-0.2, -0.15) is 4.98 Å². The Morgan fingerprint density at radius 2 is 2.29 bits per heavy atom. The van der Waals surface area contributed by atoms with Crippen LogP contribution in [0.1, 0.15) is 6.92 Å². The summed E-state index contributed by atoms with van der Waals surface area (Å²) in [7, 11) is 0. The van der Waals surface area contributed by atoms with Gasteiger partial charge >= 0.3 is 0 Å². The molecule has 0 aliphatic carbocycles. The summed E-state index contributed by atoms with van der Waals surface area (Å²) in [5.41, 5.74) is 3.70. The molecular formula is C11H15N5O5. The van der Waals surface area contributed by atoms with Crippen molar-refractivity contribution < 1.29 is 20.1 Å². The standard InChI is InChI=1S/C11H15N5O5/c1-11(7(19)6(18)4(2-17)21-11)16-3-13-5-8(16)14-10(12)15-9(5)20/h3-4,6-7,17-19H,2H2,1H3,(H3,12,14,15,20)/t4-,6?,7+,11-/m1/s1. The Balaban J connectivity index is 2.19. The van der Waals surface area contributed by atoms with E-state index in [0.717, 1.165) is 0 Å². The minimum atomic E-state index is -1.44. The van der Waals surface area contributed by atoms with Crippen LogP contribution in [-0.2, 0) is 10.5 Å². The molecule has 2 aromatic heterocycles. The Hall–Kier alpha value is -2.01. The maximum atomic E-state index is 11.8. The molecule has 3 heterocycles. The number of nitrogens with one attached hydrogen (secondary N) is 1. The first kappa shape index (κ1) is 13.9. The first-order valence-corrected chi connectivity index (χ1v) is 6.26. The number of aromatic nitrogens is 4. The molecule has 1 unspecified atom stereocenters. The van der Waals surface area contributed by atoms with Crippen LogP contribution >= 0.6 is 0 Å². The number of hydrogen-bond acceptors (Lipinski definition) is 8. The van der Waals surface area contributed by atoms with Crippen LogP contribution in [0.5, 0.6) is 0 Å². The second-order valence-corrected chi connectivity index (χ2v) is 5.07. The van der Waals surface area contributed by atoms with Crippen LogP contribution in [0, 0.1) is 0 Å². The van der Waals surface area contributed by atoms with E-state index < -0.39 is 36.2 Å². The van der Waals surface area contributed by atoms with E-state index in [-0.39, 0.29) is 17.1 Å². The summed E-state index contributed by atoms with van der Waals surface area (Å²) in [5, 5.41) is 29.3. The van der Waals surface area contributed by atoms with Gasteiger partial charge in [0.05, 0.1) is 12.9 Å². The molecule has 0 bridgehead atoms. The predicted octanol–water partition coefficient (Wildman–Crippen LogP) is -2.51. The average Bonchev–Trinajstić information content (AvgIpc) is 2.95. The summed E-state index contributed by atoms with van der Waals surface area (Å²) in [4.78, 5) is 22.0. The highest BCUT2D eigenvalue weighted by atomic mass is 16.6. The van der Waals surface area contributed by atoms with Gasteiger partial charge in [0, 0.05) is 0 Å². The van der Waals surface area contributed by atoms with Crippen molar-refractivity contribution in [2.24, 2.45) is 0 Å². The van der Waals surface area contributed by atoms with E-state index in [0.29, 0.717) is 0 Å². The molecule has 10 nitrogen and oxygen atoms in total. The number of aliphatic hydroxyl groups is 3. The maximum absolute atomic E-state index is 11.8. The third-order valence-corrected chi connectivity index (χ3v) is 3.73. The van der Waals surface area contributed by atoms with E-state index >= 15 is 0 Å². The highest BCUT2D eigenvalue weighted by molar-refractivity contribution is 5.70. The lowest BCUT2D eigenvalue weighted by Crippen LogP contribution is -2.43. The molecule has 1 aliphatic heterocycles. The number of nitrogens with two attached hydrogens (primary N) is 1. The number of rotatable bonds is 2. The number of nitrogens with zero attached hydrogens (tertiary/aromatic N) is 3. The molecule has 21 heavy (non-hydrogen) atoms. The Morgan fingerprint density at radius 1 is 1.57 bits per heavy atom. The molecule has 0 radical (unpaired) electrons. The van der Waals surface area contributed by atoms with Gasteiger partial charge < -0.3 is 25.8 Å². The molecule has 3 rings (SSSR count). The van der Waals surface area contributed by atoms with Crippen LogP contribution in [0.2, 0.25) is 0 Å². The molecule has 1 saturated heterocycles. The number of aliphatic hydroxyl groups excluding tert-OH is 3. The first-order chi connectivity index (χ1) is 9.88. The smallest absolute Gasteiger partial charge is 0.280 e. The van der Waals surface area contributed by atoms with Crippen molar-refractivity contribution in [3.05, 3.63) is 16.7 Å². The summed E-state index contributed by atoms with van der Waals surface area (Å²) in [6, 6.07) is 0. The number of aromatic amines is 1. The SMILES string of the molecule is C[C@@]1(n2cnc3c(=O)[nH]c(N)nc32)O[C@H](CO)C(O)[C@@H]1O. The van der Waals surface area contributed by atoms with Crippen molar-refractivity contribution in [1.82, 2.24) is 19.5 Å². The lowest BCUT2D eigenvalue weighted by Gasteiger charge is -2.29. The minimum absolute atomic E-state index is 0.0307. The molecular weight excluding hydrogens is 282 g/mol. The largest absolute Gasteiger partial charge is 0.394 e. The fourth-order valence-corrected chi connectivity index (χ4v) is 2.56. The van der Waals surface area contributed by atoms with Crippen molar-refractivity contribution in [3.8, 4) is 0 Å². The summed E-state index contributed by atoms with van der Waals surface area (Å²) >= 11 is 0. The number of hydrogen-bond donors (Lipinski definition) is 5. The molecule has 0 amide bonds. The fourth-order valence-electron chi connectivity index (χ4n) is 2.56. The van der Waals surface area contributed by atoms with E-state index in [1.807, 2.05) is 0 Å². The number of fused-ring (bicyclic) bond motifs is 1. The quantitative estimate of drug-likeness (QED) is 0.406. The molecule has 1 fully saturated rings. The molecule has 2 aromatic rings. The summed E-state index contributed by atoms with van der Waals surface area (Å²) in [6.07, 6.45) is -2.31. The zero-order chi connectivity index (χ0) is 15.4. The molecule has 4 atom stereocenters. The minimum Gasteiger partial charge on any atom is -0.394 e. The second-order valence-electron chi connectivity index (χ2n) is 5.07. The number of H-pyrrole nitrogens is 1. The highest BCUT2D eigenvalue weighted by Crippen LogP contribution is 2.36. The van der Waals surface area contributed by atoms with Crippen molar-refractivity contribution >= 4 is 17.1 Å². The van der Waals surface area contributed by atoms with Gasteiger partial charge in [-0.05, 0) is 6.92 Å². The number of ether oxygens (including phenoxy) is 1. The van der Waals surface area contributed by atoms with Crippen LogP contribution in [0.3, 0.4) is 0 Å². The van der Waals surface area contributed by atoms with Crippen LogP contribution in [0.15, 0.2) is 11.1 Å². The second kappa shape index (κ2) is 4.49.